The molecule has 7 heteroatoms. The van der Waals surface area contributed by atoms with Crippen molar-refractivity contribution in [3.63, 3.8) is 0 Å². The molecule has 1 aromatic carbocycles. The Balaban J connectivity index is 1.73. The molecule has 0 bridgehead atoms. The van der Waals surface area contributed by atoms with Gasteiger partial charge in [-0.05, 0) is 37.1 Å². The number of amides is 1. The predicted octanol–water partition coefficient (Wildman–Crippen LogP) is 4.01. The molecule has 1 aliphatic carbocycles. The molecule has 1 heterocycles. The molecule has 1 saturated carbocycles. The van der Waals surface area contributed by atoms with Crippen LogP contribution in [0.3, 0.4) is 0 Å². The van der Waals surface area contributed by atoms with Gasteiger partial charge < -0.3 is 4.84 Å². The maximum absolute atomic E-state index is 12.2. The van der Waals surface area contributed by atoms with Crippen LogP contribution in [-0.4, -0.2) is 22.9 Å². The second-order valence-corrected chi connectivity index (χ2v) is 6.93. The Hall–Kier alpha value is -2.41. The van der Waals surface area contributed by atoms with Gasteiger partial charge in [0.15, 0.2) is 5.13 Å². The van der Waals surface area contributed by atoms with Crippen LogP contribution in [-0.2, 0) is 9.63 Å². The van der Waals surface area contributed by atoms with Gasteiger partial charge in [0, 0.05) is 24.1 Å². The van der Waals surface area contributed by atoms with Crippen molar-refractivity contribution in [2.45, 2.75) is 45.1 Å². The van der Waals surface area contributed by atoms with Gasteiger partial charge in [0.1, 0.15) is 0 Å². The zero-order valence-corrected chi connectivity index (χ0v) is 14.9. The predicted molar refractivity (Wildman–Crippen MR) is 97.6 cm³/mol. The fourth-order valence-electron chi connectivity index (χ4n) is 3.01. The average molecular weight is 359 g/mol. The molecule has 0 aliphatic heterocycles. The number of carbonyl (C=O) groups excluding carboxylic acids is 2. The highest BCUT2D eigenvalue weighted by molar-refractivity contribution is 7.13. The summed E-state index contributed by atoms with van der Waals surface area (Å²) >= 11 is 1.37. The van der Waals surface area contributed by atoms with Gasteiger partial charge in [-0.25, -0.2) is 10.0 Å². The molecule has 1 aromatic heterocycles. The van der Waals surface area contributed by atoms with E-state index in [0.717, 1.165) is 31.4 Å². The standard InChI is InChI=1S/C18H21N3O3S/c1-13(22)24-21(15-5-3-2-4-6-15)16-9-7-14(8-10-16)17(23)20-18-19-11-12-25-18/h7-12,15H,2-6H2,1H3,(H,19,20,23). The lowest BCUT2D eigenvalue weighted by molar-refractivity contribution is -0.143. The molecule has 0 saturated heterocycles. The van der Waals surface area contributed by atoms with Crippen molar-refractivity contribution in [1.82, 2.24) is 4.98 Å². The molecular weight excluding hydrogens is 338 g/mol. The van der Waals surface area contributed by atoms with E-state index in [2.05, 4.69) is 10.3 Å². The summed E-state index contributed by atoms with van der Waals surface area (Å²) in [6.07, 6.45) is 7.14. The van der Waals surface area contributed by atoms with E-state index >= 15 is 0 Å². The van der Waals surface area contributed by atoms with Crippen LogP contribution in [0.2, 0.25) is 0 Å². The molecule has 1 N–H and O–H groups in total. The third-order valence-corrected chi connectivity index (χ3v) is 4.86. The lowest BCUT2D eigenvalue weighted by atomic mass is 9.95. The number of carbonyl (C=O) groups is 2. The van der Waals surface area contributed by atoms with E-state index in [0.29, 0.717) is 10.7 Å². The molecule has 3 rings (SSSR count). The average Bonchev–Trinajstić information content (AvgIpc) is 3.13. The highest BCUT2D eigenvalue weighted by Gasteiger charge is 2.24. The summed E-state index contributed by atoms with van der Waals surface area (Å²) in [7, 11) is 0. The van der Waals surface area contributed by atoms with E-state index in [1.54, 1.807) is 28.8 Å². The van der Waals surface area contributed by atoms with E-state index in [4.69, 9.17) is 4.84 Å². The van der Waals surface area contributed by atoms with Crippen LogP contribution in [0.5, 0.6) is 0 Å². The quantitative estimate of drug-likeness (QED) is 0.817. The molecule has 1 amide bonds. The van der Waals surface area contributed by atoms with Crippen LogP contribution in [0.15, 0.2) is 35.8 Å². The first-order valence-corrected chi connectivity index (χ1v) is 9.30. The Labute approximate surface area is 150 Å². The molecule has 1 fully saturated rings. The molecule has 0 radical (unpaired) electrons. The van der Waals surface area contributed by atoms with Gasteiger partial charge in [0.2, 0.25) is 0 Å². The summed E-state index contributed by atoms with van der Waals surface area (Å²) in [6, 6.07) is 7.28. The number of hydrogen-bond acceptors (Lipinski definition) is 6. The van der Waals surface area contributed by atoms with Crippen LogP contribution >= 0.6 is 11.3 Å². The van der Waals surface area contributed by atoms with Crippen molar-refractivity contribution < 1.29 is 14.4 Å². The molecular formula is C18H21N3O3S. The van der Waals surface area contributed by atoms with E-state index in [1.165, 1.54) is 24.7 Å². The summed E-state index contributed by atoms with van der Waals surface area (Å²) in [5, 5.41) is 6.82. The van der Waals surface area contributed by atoms with E-state index < -0.39 is 0 Å². The molecule has 132 valence electrons. The third-order valence-electron chi connectivity index (χ3n) is 4.17. The fourth-order valence-corrected chi connectivity index (χ4v) is 3.53. The fraction of sp³-hybridized carbons (Fsp3) is 0.389. The van der Waals surface area contributed by atoms with Gasteiger partial charge in [-0.3, -0.25) is 14.9 Å². The number of anilines is 2. The van der Waals surface area contributed by atoms with Gasteiger partial charge in [0.05, 0.1) is 11.7 Å². The van der Waals surface area contributed by atoms with Crippen LogP contribution in [0.4, 0.5) is 10.8 Å². The number of benzene rings is 1. The van der Waals surface area contributed by atoms with Crippen LogP contribution in [0.25, 0.3) is 0 Å². The smallest absolute Gasteiger partial charge is 0.329 e. The number of rotatable bonds is 5. The molecule has 2 aromatic rings. The topological polar surface area (TPSA) is 71.5 Å². The number of aromatic nitrogens is 1. The number of hydroxylamine groups is 1. The number of nitrogens with zero attached hydrogens (tertiary/aromatic N) is 2. The zero-order valence-electron chi connectivity index (χ0n) is 14.1. The summed E-state index contributed by atoms with van der Waals surface area (Å²) < 4.78 is 0. The highest BCUT2D eigenvalue weighted by Crippen LogP contribution is 2.28. The Kier molecular flexibility index (Phi) is 5.65. The van der Waals surface area contributed by atoms with Gasteiger partial charge in [0.25, 0.3) is 5.91 Å². The largest absolute Gasteiger partial charge is 0.341 e. The lowest BCUT2D eigenvalue weighted by Gasteiger charge is -2.33. The van der Waals surface area contributed by atoms with Gasteiger partial charge >= 0.3 is 5.97 Å². The van der Waals surface area contributed by atoms with Crippen LogP contribution in [0.1, 0.15) is 49.4 Å². The zero-order chi connectivity index (χ0) is 17.6. The lowest BCUT2D eigenvalue weighted by Crippen LogP contribution is -2.38. The SMILES string of the molecule is CC(=O)ON(c1ccc(C(=O)Nc2nccs2)cc1)C1CCCCC1. The summed E-state index contributed by atoms with van der Waals surface area (Å²) in [6.45, 7) is 1.41. The summed E-state index contributed by atoms with van der Waals surface area (Å²) in [4.78, 5) is 33.2. The van der Waals surface area contributed by atoms with Crippen molar-refractivity contribution in [2.24, 2.45) is 0 Å². The van der Waals surface area contributed by atoms with Crippen molar-refractivity contribution in [2.75, 3.05) is 10.4 Å². The van der Waals surface area contributed by atoms with Crippen molar-refractivity contribution >= 4 is 34.0 Å². The minimum absolute atomic E-state index is 0.188. The first-order chi connectivity index (χ1) is 12.1. The van der Waals surface area contributed by atoms with E-state index in [-0.39, 0.29) is 17.9 Å². The number of nitrogens with one attached hydrogen (secondary N) is 1. The minimum atomic E-state index is -0.337. The van der Waals surface area contributed by atoms with Crippen molar-refractivity contribution in [3.8, 4) is 0 Å². The van der Waals surface area contributed by atoms with Gasteiger partial charge in [-0.15, -0.1) is 11.3 Å². The molecule has 0 spiro atoms. The molecule has 6 nitrogen and oxygen atoms in total. The van der Waals surface area contributed by atoms with E-state index in [1.807, 2.05) is 12.1 Å². The Morgan fingerprint density at radius 2 is 1.92 bits per heavy atom. The maximum Gasteiger partial charge on any atom is 0.329 e. The number of thiazole rings is 1. The van der Waals surface area contributed by atoms with Crippen molar-refractivity contribution in [1.29, 1.82) is 0 Å². The van der Waals surface area contributed by atoms with Crippen LogP contribution < -0.4 is 10.4 Å². The minimum Gasteiger partial charge on any atom is -0.341 e. The normalized spacial score (nSPS) is 14.8. The second kappa shape index (κ2) is 8.11. The summed E-state index contributed by atoms with van der Waals surface area (Å²) in [5.41, 5.74) is 1.32. The van der Waals surface area contributed by atoms with E-state index in [9.17, 15) is 9.59 Å². The Morgan fingerprint density at radius 1 is 1.20 bits per heavy atom. The first kappa shape index (κ1) is 17.4. The summed E-state index contributed by atoms with van der Waals surface area (Å²) in [5.74, 6) is -0.547. The number of hydrogen-bond donors (Lipinski definition) is 1. The Morgan fingerprint density at radius 3 is 2.52 bits per heavy atom. The Bertz CT molecular complexity index is 710. The highest BCUT2D eigenvalue weighted by atomic mass is 32.1. The molecule has 0 unspecified atom stereocenters. The monoisotopic (exact) mass is 359 g/mol. The third kappa shape index (κ3) is 4.57. The first-order valence-electron chi connectivity index (χ1n) is 8.42. The van der Waals surface area contributed by atoms with Gasteiger partial charge in [-0.2, -0.15) is 0 Å². The molecule has 1 aliphatic rings. The maximum atomic E-state index is 12.2. The van der Waals surface area contributed by atoms with Crippen molar-refractivity contribution in [3.05, 3.63) is 41.4 Å². The molecule has 25 heavy (non-hydrogen) atoms. The second-order valence-electron chi connectivity index (χ2n) is 6.04. The molecule has 0 atom stereocenters. The van der Waals surface area contributed by atoms with Crippen LogP contribution in [0, 0.1) is 0 Å². The van der Waals surface area contributed by atoms with Gasteiger partial charge in [-0.1, -0.05) is 19.3 Å².